The minimum atomic E-state index is -0.958. The van der Waals surface area contributed by atoms with Crippen molar-refractivity contribution in [2.24, 2.45) is 5.41 Å². The molecule has 22 heavy (non-hydrogen) atoms. The van der Waals surface area contributed by atoms with Crippen LogP contribution in [0.3, 0.4) is 0 Å². The van der Waals surface area contributed by atoms with Gasteiger partial charge in [0.15, 0.2) is 0 Å². The Morgan fingerprint density at radius 2 is 1.82 bits per heavy atom. The van der Waals surface area contributed by atoms with Gasteiger partial charge in [0, 0.05) is 5.92 Å². The van der Waals surface area contributed by atoms with E-state index in [1.807, 2.05) is 13.8 Å². The highest BCUT2D eigenvalue weighted by atomic mass is 35.5. The molecule has 0 unspecified atom stereocenters. The van der Waals surface area contributed by atoms with E-state index in [1.54, 1.807) is 12.1 Å². The number of hydrogen-bond acceptors (Lipinski definition) is 3. The molecule has 2 bridgehead atoms. The van der Waals surface area contributed by atoms with Crippen molar-refractivity contribution in [3.8, 4) is 0 Å². The predicted octanol–water partition coefficient (Wildman–Crippen LogP) is 4.18. The minimum absolute atomic E-state index is 0.116. The van der Waals surface area contributed by atoms with Crippen LogP contribution in [0.25, 0.3) is 11.0 Å². The SMILES string of the molecule is CC1(C)[C@@H]2CC[C@@]1(C(=O)O)c1nc3cc(Cl)c(Cl)cc3nc12. The number of aromatic nitrogens is 2. The number of rotatable bonds is 1. The highest BCUT2D eigenvalue weighted by Gasteiger charge is 2.68. The molecule has 0 radical (unpaired) electrons. The molecule has 6 heteroatoms. The smallest absolute Gasteiger partial charge is 0.316 e. The Kier molecular flexibility index (Phi) is 2.66. The van der Waals surface area contributed by atoms with Crippen molar-refractivity contribution in [3.05, 3.63) is 33.6 Å². The number of halogens is 2. The molecule has 1 aromatic carbocycles. The van der Waals surface area contributed by atoms with Gasteiger partial charge in [-0.2, -0.15) is 0 Å². The second-order valence-electron chi connectivity index (χ2n) is 6.74. The molecule has 4 rings (SSSR count). The first-order valence-electron chi connectivity index (χ1n) is 7.19. The van der Waals surface area contributed by atoms with E-state index in [0.29, 0.717) is 33.2 Å². The van der Waals surface area contributed by atoms with Crippen molar-refractivity contribution in [2.75, 3.05) is 0 Å². The lowest BCUT2D eigenvalue weighted by Gasteiger charge is -2.33. The van der Waals surface area contributed by atoms with E-state index in [2.05, 4.69) is 4.98 Å². The van der Waals surface area contributed by atoms with Gasteiger partial charge in [0.2, 0.25) is 0 Å². The average molecular weight is 337 g/mol. The predicted molar refractivity (Wildman–Crippen MR) is 84.6 cm³/mol. The summed E-state index contributed by atoms with van der Waals surface area (Å²) in [6.45, 7) is 4.01. The van der Waals surface area contributed by atoms with Crippen LogP contribution in [0.2, 0.25) is 10.0 Å². The lowest BCUT2D eigenvalue weighted by atomic mass is 9.68. The van der Waals surface area contributed by atoms with Gasteiger partial charge in [0.25, 0.3) is 0 Å². The summed E-state index contributed by atoms with van der Waals surface area (Å²) in [6.07, 6.45) is 1.43. The van der Waals surface area contributed by atoms with Crippen molar-refractivity contribution in [1.29, 1.82) is 0 Å². The Labute approximate surface area is 137 Å². The van der Waals surface area contributed by atoms with Crippen molar-refractivity contribution in [1.82, 2.24) is 9.97 Å². The van der Waals surface area contributed by atoms with Crippen LogP contribution in [0.1, 0.15) is 44.0 Å². The van der Waals surface area contributed by atoms with Gasteiger partial charge < -0.3 is 5.11 Å². The first-order valence-corrected chi connectivity index (χ1v) is 7.95. The highest BCUT2D eigenvalue weighted by Crippen LogP contribution is 2.67. The Hall–Kier alpha value is -1.39. The molecule has 1 fully saturated rings. The summed E-state index contributed by atoms with van der Waals surface area (Å²) in [5.74, 6) is -0.697. The maximum absolute atomic E-state index is 12.1. The number of aliphatic carboxylic acids is 1. The number of hydrogen-bond donors (Lipinski definition) is 1. The lowest BCUT2D eigenvalue weighted by Crippen LogP contribution is -2.43. The fraction of sp³-hybridized carbons (Fsp3) is 0.438. The molecule has 1 N–H and O–H groups in total. The Morgan fingerprint density at radius 3 is 2.41 bits per heavy atom. The molecule has 0 amide bonds. The van der Waals surface area contributed by atoms with E-state index in [1.165, 1.54) is 0 Å². The molecule has 2 aliphatic rings. The number of benzene rings is 1. The molecule has 0 saturated heterocycles. The van der Waals surface area contributed by atoms with Gasteiger partial charge in [-0.05, 0) is 30.4 Å². The largest absolute Gasteiger partial charge is 0.481 e. The van der Waals surface area contributed by atoms with Crippen molar-refractivity contribution >= 4 is 40.2 Å². The second-order valence-corrected chi connectivity index (χ2v) is 7.55. The van der Waals surface area contributed by atoms with Gasteiger partial charge in [0.05, 0.1) is 32.5 Å². The van der Waals surface area contributed by atoms with Crippen LogP contribution in [0, 0.1) is 5.41 Å². The van der Waals surface area contributed by atoms with Crippen LogP contribution >= 0.6 is 23.2 Å². The van der Waals surface area contributed by atoms with Crippen LogP contribution in [0.4, 0.5) is 0 Å². The van der Waals surface area contributed by atoms with Crippen LogP contribution in [-0.2, 0) is 10.2 Å². The maximum Gasteiger partial charge on any atom is 0.316 e. The number of carboxylic acid groups (broad SMARTS) is 1. The number of carbonyl (C=O) groups is 1. The van der Waals surface area contributed by atoms with Gasteiger partial charge in [-0.3, -0.25) is 4.79 Å². The van der Waals surface area contributed by atoms with Crippen LogP contribution < -0.4 is 0 Å². The molecular weight excluding hydrogens is 323 g/mol. The van der Waals surface area contributed by atoms with Crippen LogP contribution in [0.5, 0.6) is 0 Å². The third kappa shape index (κ3) is 1.43. The fourth-order valence-electron chi connectivity index (χ4n) is 4.35. The molecule has 4 nitrogen and oxygen atoms in total. The molecule has 0 aliphatic heterocycles. The minimum Gasteiger partial charge on any atom is -0.481 e. The van der Waals surface area contributed by atoms with Crippen molar-refractivity contribution in [2.45, 2.75) is 38.0 Å². The zero-order chi connectivity index (χ0) is 15.9. The number of fused-ring (bicyclic) bond motifs is 6. The summed E-state index contributed by atoms with van der Waals surface area (Å²) in [7, 11) is 0. The van der Waals surface area contributed by atoms with Crippen LogP contribution in [0.15, 0.2) is 12.1 Å². The molecule has 114 valence electrons. The standard InChI is InChI=1S/C16H14Cl2N2O2/c1-15(2)7-3-4-16(15,14(21)22)13-12(7)19-10-5-8(17)9(18)6-11(10)20-13/h5-7H,3-4H2,1-2H3,(H,21,22)/t7-,16+/m1/s1. The fourth-order valence-corrected chi connectivity index (χ4v) is 4.67. The monoisotopic (exact) mass is 336 g/mol. The summed E-state index contributed by atoms with van der Waals surface area (Å²) < 4.78 is 0. The molecule has 1 saturated carbocycles. The van der Waals surface area contributed by atoms with Crippen molar-refractivity contribution in [3.63, 3.8) is 0 Å². The normalized spacial score (nSPS) is 28.1. The molecule has 2 atom stereocenters. The van der Waals surface area contributed by atoms with Gasteiger partial charge in [-0.1, -0.05) is 37.0 Å². The van der Waals surface area contributed by atoms with E-state index >= 15 is 0 Å². The van der Waals surface area contributed by atoms with Crippen LogP contribution in [-0.4, -0.2) is 21.0 Å². The third-order valence-corrected chi connectivity index (χ3v) is 6.33. The third-order valence-electron chi connectivity index (χ3n) is 5.61. The first kappa shape index (κ1) is 14.2. The zero-order valence-electron chi connectivity index (χ0n) is 12.2. The van der Waals surface area contributed by atoms with Gasteiger partial charge in [0.1, 0.15) is 5.41 Å². The summed E-state index contributed by atoms with van der Waals surface area (Å²) >= 11 is 12.1. The highest BCUT2D eigenvalue weighted by molar-refractivity contribution is 6.42. The topological polar surface area (TPSA) is 63.1 Å². The Balaban J connectivity index is 2.08. The van der Waals surface area contributed by atoms with E-state index in [0.717, 1.165) is 12.1 Å². The summed E-state index contributed by atoms with van der Waals surface area (Å²) in [5.41, 5.74) is 1.32. The molecular formula is C16H14Cl2N2O2. The van der Waals surface area contributed by atoms with E-state index in [-0.39, 0.29) is 5.92 Å². The Morgan fingerprint density at radius 1 is 1.23 bits per heavy atom. The van der Waals surface area contributed by atoms with Gasteiger partial charge in [-0.25, -0.2) is 9.97 Å². The molecule has 1 heterocycles. The Bertz CT molecular complexity index is 850. The lowest BCUT2D eigenvalue weighted by molar-refractivity contribution is -0.147. The number of nitrogens with zero attached hydrogens (tertiary/aromatic N) is 2. The first-order chi connectivity index (χ1) is 10.3. The summed E-state index contributed by atoms with van der Waals surface area (Å²) in [5, 5.41) is 10.8. The zero-order valence-corrected chi connectivity index (χ0v) is 13.7. The van der Waals surface area contributed by atoms with Crippen molar-refractivity contribution < 1.29 is 9.90 Å². The van der Waals surface area contributed by atoms with Gasteiger partial charge >= 0.3 is 5.97 Å². The van der Waals surface area contributed by atoms with E-state index in [9.17, 15) is 9.90 Å². The van der Waals surface area contributed by atoms with Gasteiger partial charge in [-0.15, -0.1) is 0 Å². The summed E-state index contributed by atoms with van der Waals surface area (Å²) in [6, 6.07) is 3.35. The average Bonchev–Trinajstić information content (AvgIpc) is 2.81. The maximum atomic E-state index is 12.1. The van der Waals surface area contributed by atoms with E-state index < -0.39 is 16.8 Å². The summed E-state index contributed by atoms with van der Waals surface area (Å²) in [4.78, 5) is 21.4. The molecule has 1 aromatic heterocycles. The van der Waals surface area contributed by atoms with E-state index in [4.69, 9.17) is 28.2 Å². The second kappa shape index (κ2) is 4.12. The molecule has 2 aliphatic carbocycles. The molecule has 0 spiro atoms. The quantitative estimate of drug-likeness (QED) is 0.848. The number of carboxylic acids is 1. The molecule has 2 aromatic rings.